The highest BCUT2D eigenvalue weighted by Crippen LogP contribution is 2.37. The predicted molar refractivity (Wildman–Crippen MR) is 166 cm³/mol. The maximum absolute atomic E-state index is 16.1. The van der Waals surface area contributed by atoms with Crippen molar-refractivity contribution in [3.05, 3.63) is 94.4 Å². The molecule has 0 saturated carbocycles. The van der Waals surface area contributed by atoms with E-state index in [9.17, 15) is 9.59 Å². The molecule has 6 rings (SSSR count). The summed E-state index contributed by atoms with van der Waals surface area (Å²) in [7, 11) is 0. The molecule has 0 aliphatic carbocycles. The lowest BCUT2D eigenvalue weighted by Gasteiger charge is -2.40. The zero-order valence-electron chi connectivity index (χ0n) is 24.3. The predicted octanol–water partition coefficient (Wildman–Crippen LogP) is 5.51. The first kappa shape index (κ1) is 28.3. The number of amides is 1. The number of pyridine rings is 1. The van der Waals surface area contributed by atoms with E-state index in [1.165, 1.54) is 22.8 Å². The minimum Gasteiger partial charge on any atom is -0.381 e. The zero-order valence-corrected chi connectivity index (χ0v) is 24.3. The number of nitrogens with one attached hydrogen (secondary N) is 1. The maximum Gasteiger partial charge on any atom is 0.355 e. The Balaban J connectivity index is 1.69. The summed E-state index contributed by atoms with van der Waals surface area (Å²) >= 11 is 0. The third kappa shape index (κ3) is 4.86. The molecule has 220 valence electrons. The molecule has 2 aliphatic heterocycles. The number of halogens is 2. The Hall–Kier alpha value is -4.86. The summed E-state index contributed by atoms with van der Waals surface area (Å²) in [5.41, 5.74) is 1.98. The van der Waals surface area contributed by atoms with Crippen molar-refractivity contribution in [1.29, 1.82) is 0 Å². The molecule has 0 spiro atoms. The van der Waals surface area contributed by atoms with Gasteiger partial charge in [-0.05, 0) is 48.2 Å². The highest BCUT2D eigenvalue weighted by molar-refractivity contribution is 5.92. The van der Waals surface area contributed by atoms with Gasteiger partial charge in [-0.2, -0.15) is 4.98 Å². The van der Waals surface area contributed by atoms with E-state index in [1.807, 2.05) is 56.0 Å². The Morgan fingerprint density at radius 3 is 2.65 bits per heavy atom. The van der Waals surface area contributed by atoms with Gasteiger partial charge in [0.05, 0.1) is 16.6 Å². The van der Waals surface area contributed by atoms with Crippen LogP contribution in [-0.4, -0.2) is 57.6 Å². The molecule has 1 amide bonds. The second-order valence-electron chi connectivity index (χ2n) is 11.2. The fourth-order valence-corrected chi connectivity index (χ4v) is 6.01. The molecule has 1 atom stereocenters. The molecule has 10 heteroatoms. The zero-order chi connectivity index (χ0) is 30.4. The SMILES string of the molecule is C=CC(=O)N1CCN(c2nc(=O)n3c4nc(c(F)cc24)-c2c(F)cccc2NC/C=C\c2cccc(C(C)C)c2-3)[C@@H](C)C1. The quantitative estimate of drug-likeness (QED) is 0.321. The van der Waals surface area contributed by atoms with Crippen molar-refractivity contribution in [3.8, 4) is 16.9 Å². The standard InChI is InChI=1S/C33H32F2N6O2/c1-5-27(42)39-15-16-40(20(4)18-39)31-23-17-25(35)29-28-24(34)12-7-13-26(28)36-14-8-10-21-9-6-11-22(19(2)3)30(21)41(32(23)37-29)33(43)38-31/h5-13,17,19-20,36H,1,14-16,18H2,2-4H3/b10-8-/t20-/m0/s1. The van der Waals surface area contributed by atoms with Crippen LogP contribution >= 0.6 is 0 Å². The van der Waals surface area contributed by atoms with E-state index in [2.05, 4.69) is 16.9 Å². The third-order valence-corrected chi connectivity index (χ3v) is 8.09. The maximum atomic E-state index is 16.1. The first-order chi connectivity index (χ1) is 20.7. The normalized spacial score (nSPS) is 17.1. The van der Waals surface area contributed by atoms with Crippen LogP contribution in [0.5, 0.6) is 0 Å². The number of para-hydroxylation sites is 1. The van der Waals surface area contributed by atoms with Crippen molar-refractivity contribution in [2.75, 3.05) is 36.4 Å². The average Bonchev–Trinajstić information content (AvgIpc) is 2.98. The molecular weight excluding hydrogens is 550 g/mol. The number of carbonyl (C=O) groups is 1. The number of carbonyl (C=O) groups excluding carboxylic acids is 1. The minimum atomic E-state index is -0.744. The summed E-state index contributed by atoms with van der Waals surface area (Å²) in [4.78, 5) is 39.3. The molecule has 1 N–H and O–H groups in total. The Kier molecular flexibility index (Phi) is 7.29. The van der Waals surface area contributed by atoms with Gasteiger partial charge in [0.15, 0.2) is 11.5 Å². The van der Waals surface area contributed by atoms with Crippen LogP contribution in [0.15, 0.2) is 66.0 Å². The molecule has 4 heterocycles. The number of aromatic nitrogens is 3. The van der Waals surface area contributed by atoms with E-state index < -0.39 is 17.3 Å². The van der Waals surface area contributed by atoms with Crippen LogP contribution in [0.3, 0.4) is 0 Å². The number of hydrogen-bond donors (Lipinski definition) is 1. The molecule has 2 aliphatic rings. The fourth-order valence-electron chi connectivity index (χ4n) is 6.01. The Bertz CT molecular complexity index is 1860. The largest absolute Gasteiger partial charge is 0.381 e. The fraction of sp³-hybridized carbons (Fsp3) is 0.273. The van der Waals surface area contributed by atoms with Gasteiger partial charge in [0.25, 0.3) is 0 Å². The van der Waals surface area contributed by atoms with Crippen LogP contribution < -0.4 is 15.9 Å². The van der Waals surface area contributed by atoms with E-state index in [-0.39, 0.29) is 40.6 Å². The van der Waals surface area contributed by atoms with Crippen LogP contribution in [0, 0.1) is 11.6 Å². The van der Waals surface area contributed by atoms with Gasteiger partial charge in [-0.3, -0.25) is 4.79 Å². The van der Waals surface area contributed by atoms with E-state index in [0.29, 0.717) is 42.9 Å². The van der Waals surface area contributed by atoms with Crippen molar-refractivity contribution in [3.63, 3.8) is 0 Å². The van der Waals surface area contributed by atoms with Crippen LogP contribution in [0.25, 0.3) is 34.1 Å². The van der Waals surface area contributed by atoms with Crippen molar-refractivity contribution in [2.24, 2.45) is 0 Å². The molecular formula is C33H32F2N6O2. The first-order valence-electron chi connectivity index (χ1n) is 14.3. The molecule has 1 fully saturated rings. The number of anilines is 2. The molecule has 2 bridgehead atoms. The number of benzene rings is 2. The third-order valence-electron chi connectivity index (χ3n) is 8.09. The van der Waals surface area contributed by atoms with Gasteiger partial charge in [0.1, 0.15) is 17.3 Å². The summed E-state index contributed by atoms with van der Waals surface area (Å²) < 4.78 is 32.9. The molecule has 43 heavy (non-hydrogen) atoms. The van der Waals surface area contributed by atoms with Gasteiger partial charge in [-0.1, -0.05) is 56.8 Å². The Morgan fingerprint density at radius 2 is 1.91 bits per heavy atom. The molecule has 0 radical (unpaired) electrons. The highest BCUT2D eigenvalue weighted by Gasteiger charge is 2.31. The Morgan fingerprint density at radius 1 is 1.12 bits per heavy atom. The minimum absolute atomic E-state index is 0.0180. The monoisotopic (exact) mass is 582 g/mol. The smallest absolute Gasteiger partial charge is 0.355 e. The number of fused-ring (bicyclic) bond motifs is 5. The van der Waals surface area contributed by atoms with Gasteiger partial charge in [-0.15, -0.1) is 0 Å². The lowest BCUT2D eigenvalue weighted by molar-refractivity contribution is -0.126. The topological polar surface area (TPSA) is 83.4 Å². The van der Waals surface area contributed by atoms with Gasteiger partial charge >= 0.3 is 5.69 Å². The van der Waals surface area contributed by atoms with Gasteiger partial charge in [-0.25, -0.2) is 23.1 Å². The first-order valence-corrected chi connectivity index (χ1v) is 14.3. The molecule has 4 aromatic rings. The number of hydrogen-bond acceptors (Lipinski definition) is 6. The van der Waals surface area contributed by atoms with Gasteiger partial charge < -0.3 is 15.1 Å². The second kappa shape index (κ2) is 11.1. The molecule has 8 nitrogen and oxygen atoms in total. The summed E-state index contributed by atoms with van der Waals surface area (Å²) in [5, 5.41) is 3.50. The van der Waals surface area contributed by atoms with Crippen molar-refractivity contribution < 1.29 is 13.6 Å². The van der Waals surface area contributed by atoms with E-state index in [0.717, 1.165) is 11.1 Å². The number of rotatable bonds is 3. The van der Waals surface area contributed by atoms with E-state index in [4.69, 9.17) is 4.98 Å². The van der Waals surface area contributed by atoms with E-state index in [1.54, 1.807) is 17.0 Å². The molecule has 1 saturated heterocycles. The van der Waals surface area contributed by atoms with Crippen LogP contribution in [0.1, 0.15) is 37.8 Å². The summed E-state index contributed by atoms with van der Waals surface area (Å²) in [5.74, 6) is -1.26. The second-order valence-corrected chi connectivity index (χ2v) is 11.2. The van der Waals surface area contributed by atoms with Crippen molar-refractivity contribution in [1.82, 2.24) is 19.4 Å². The summed E-state index contributed by atoms with van der Waals surface area (Å²) in [6, 6.07) is 11.3. The van der Waals surface area contributed by atoms with Crippen molar-refractivity contribution in [2.45, 2.75) is 32.7 Å². The van der Waals surface area contributed by atoms with Gasteiger partial charge in [0, 0.05) is 37.9 Å². The van der Waals surface area contributed by atoms with Crippen molar-refractivity contribution >= 4 is 34.5 Å². The highest BCUT2D eigenvalue weighted by atomic mass is 19.1. The Labute approximate surface area is 248 Å². The van der Waals surface area contributed by atoms with Gasteiger partial charge in [0.2, 0.25) is 5.91 Å². The average molecular weight is 583 g/mol. The van der Waals surface area contributed by atoms with Crippen LogP contribution in [0.4, 0.5) is 20.3 Å². The van der Waals surface area contributed by atoms with E-state index >= 15 is 8.78 Å². The molecule has 2 aromatic heterocycles. The van der Waals surface area contributed by atoms with Crippen LogP contribution in [-0.2, 0) is 4.79 Å². The van der Waals surface area contributed by atoms with Crippen LogP contribution in [0.2, 0.25) is 0 Å². The molecule has 2 aromatic carbocycles. The number of nitrogens with zero attached hydrogens (tertiary/aromatic N) is 5. The number of piperazine rings is 1. The summed E-state index contributed by atoms with van der Waals surface area (Å²) in [6.45, 7) is 11.0. The molecule has 0 unspecified atom stereocenters. The lowest BCUT2D eigenvalue weighted by Crippen LogP contribution is -2.54. The summed E-state index contributed by atoms with van der Waals surface area (Å²) in [6.07, 6.45) is 5.06. The lowest BCUT2D eigenvalue weighted by atomic mass is 9.96.